The number of hydrogen-bond donors (Lipinski definition) is 1. The van der Waals surface area contributed by atoms with E-state index in [4.69, 9.17) is 9.47 Å². The summed E-state index contributed by atoms with van der Waals surface area (Å²) >= 11 is 0. The van der Waals surface area contributed by atoms with Crippen LogP contribution in [0, 0.1) is 12.8 Å². The van der Waals surface area contributed by atoms with Crippen LogP contribution in [-0.2, 0) is 14.3 Å². The van der Waals surface area contributed by atoms with Gasteiger partial charge in [-0.05, 0) is 36.8 Å². The highest BCUT2D eigenvalue weighted by Gasteiger charge is 2.52. The van der Waals surface area contributed by atoms with Crippen LogP contribution in [-0.4, -0.2) is 68.9 Å². The largest absolute Gasteiger partial charge is 0.496 e. The van der Waals surface area contributed by atoms with Crippen LogP contribution in [0.2, 0.25) is 0 Å². The van der Waals surface area contributed by atoms with Gasteiger partial charge in [0.05, 0.1) is 39.5 Å². The highest BCUT2D eigenvalue weighted by atomic mass is 16.5. The Labute approximate surface area is 187 Å². The van der Waals surface area contributed by atoms with Crippen molar-refractivity contribution in [2.75, 3.05) is 46.5 Å². The van der Waals surface area contributed by atoms with E-state index in [1.165, 1.54) is 4.90 Å². The van der Waals surface area contributed by atoms with E-state index < -0.39 is 23.7 Å². The van der Waals surface area contributed by atoms with E-state index in [0.717, 1.165) is 24.2 Å². The Morgan fingerprint density at radius 1 is 1.25 bits per heavy atom. The molecule has 2 N–H and O–H groups in total. The van der Waals surface area contributed by atoms with Crippen LogP contribution in [0.4, 0.5) is 0 Å². The molecule has 2 aromatic rings. The van der Waals surface area contributed by atoms with Gasteiger partial charge in [0, 0.05) is 17.2 Å². The maximum Gasteiger partial charge on any atom is 0.291 e. The van der Waals surface area contributed by atoms with E-state index in [1.54, 1.807) is 42.6 Å². The molecule has 2 aliphatic heterocycles. The summed E-state index contributed by atoms with van der Waals surface area (Å²) in [6, 6.07) is 8.11. The van der Waals surface area contributed by atoms with Gasteiger partial charge in [0.1, 0.15) is 24.8 Å². The smallest absolute Gasteiger partial charge is 0.291 e. The van der Waals surface area contributed by atoms with Crippen LogP contribution in [0.25, 0.3) is 0 Å². The molecule has 2 saturated heterocycles. The molecule has 1 aromatic heterocycles. The summed E-state index contributed by atoms with van der Waals surface area (Å²) < 4.78 is 10.7. The molecule has 3 heterocycles. The van der Waals surface area contributed by atoms with Crippen LogP contribution in [0.3, 0.4) is 0 Å². The van der Waals surface area contributed by atoms with Gasteiger partial charge in [-0.2, -0.15) is 0 Å². The summed E-state index contributed by atoms with van der Waals surface area (Å²) in [7, 11) is 1.57. The molecule has 2 aliphatic rings. The number of hydrogen-bond acceptors (Lipinski definition) is 5. The average molecular weight is 440 g/mol. The van der Waals surface area contributed by atoms with Gasteiger partial charge in [-0.3, -0.25) is 14.4 Å². The van der Waals surface area contributed by atoms with E-state index in [9.17, 15) is 14.4 Å². The summed E-state index contributed by atoms with van der Waals surface area (Å²) in [6.07, 6.45) is 3.51. The molecule has 4 rings (SSSR count). The summed E-state index contributed by atoms with van der Waals surface area (Å²) in [5.74, 6) is -1.99. The molecule has 32 heavy (non-hydrogen) atoms. The van der Waals surface area contributed by atoms with E-state index in [-0.39, 0.29) is 5.78 Å². The molecule has 0 aliphatic carbocycles. The standard InChI is InChI=1S/C24H27N3O5/c1-16-14-17(5-6-19(16)31-2)22(28)20-21(18-4-3-7-25-15-18)27(24(30)23(20)29)9-8-26-10-12-32-13-11-26/h3-7,14-15,20-21H,8-13H2,1-2H3/p+2. The fourth-order valence-electron chi connectivity index (χ4n) is 4.59. The van der Waals surface area contributed by atoms with Crippen molar-refractivity contribution < 1.29 is 33.7 Å². The lowest BCUT2D eigenvalue weighted by molar-refractivity contribution is -0.907. The fourth-order valence-corrected chi connectivity index (χ4v) is 4.59. The minimum Gasteiger partial charge on any atom is -0.496 e. The van der Waals surface area contributed by atoms with Crippen molar-refractivity contribution in [3.05, 3.63) is 59.4 Å². The van der Waals surface area contributed by atoms with Crippen LogP contribution >= 0.6 is 0 Å². The summed E-state index contributed by atoms with van der Waals surface area (Å²) in [5.41, 5.74) is 1.94. The molecule has 0 spiro atoms. The number of H-pyrrole nitrogens is 1. The molecule has 8 nitrogen and oxygen atoms in total. The van der Waals surface area contributed by atoms with Crippen molar-refractivity contribution in [2.24, 2.45) is 5.92 Å². The predicted octanol–water partition coefficient (Wildman–Crippen LogP) is -0.316. The molecule has 8 heteroatoms. The summed E-state index contributed by atoms with van der Waals surface area (Å²) in [6.45, 7) is 6.08. The third kappa shape index (κ3) is 4.28. The van der Waals surface area contributed by atoms with Crippen molar-refractivity contribution in [3.63, 3.8) is 0 Å². The van der Waals surface area contributed by atoms with E-state index in [1.807, 2.05) is 19.1 Å². The molecule has 0 radical (unpaired) electrons. The summed E-state index contributed by atoms with van der Waals surface area (Å²) in [5, 5.41) is 0. The van der Waals surface area contributed by atoms with Gasteiger partial charge in [-0.15, -0.1) is 0 Å². The Hall–Kier alpha value is -3.10. The number of Topliss-reactive ketones (excluding diaryl/α,β-unsaturated/α-hetero) is 2. The molecule has 1 aromatic carbocycles. The second kappa shape index (κ2) is 9.58. The highest BCUT2D eigenvalue weighted by molar-refractivity contribution is 6.44. The van der Waals surface area contributed by atoms with Gasteiger partial charge >= 0.3 is 0 Å². The number of quaternary nitrogens is 1. The molecule has 168 valence electrons. The first-order valence-corrected chi connectivity index (χ1v) is 10.9. The number of morpholine rings is 1. The van der Waals surface area contributed by atoms with Crippen LogP contribution in [0.5, 0.6) is 5.75 Å². The van der Waals surface area contributed by atoms with Crippen LogP contribution in [0.15, 0.2) is 42.7 Å². The third-order valence-electron chi connectivity index (χ3n) is 6.35. The number of rotatable bonds is 7. The maximum absolute atomic E-state index is 13.5. The third-order valence-corrected chi connectivity index (χ3v) is 6.35. The number of likely N-dealkylation sites (tertiary alicyclic amines) is 1. The van der Waals surface area contributed by atoms with E-state index in [2.05, 4.69) is 4.98 Å². The zero-order valence-electron chi connectivity index (χ0n) is 18.4. The number of ether oxygens (including phenoxy) is 2. The van der Waals surface area contributed by atoms with Crippen molar-refractivity contribution in [1.82, 2.24) is 4.90 Å². The topological polar surface area (TPSA) is 91.5 Å². The molecule has 0 saturated carbocycles. The second-order valence-electron chi connectivity index (χ2n) is 8.28. The monoisotopic (exact) mass is 439 g/mol. The zero-order chi connectivity index (χ0) is 22.7. The Bertz CT molecular complexity index is 1000. The van der Waals surface area contributed by atoms with E-state index in [0.29, 0.717) is 37.6 Å². The molecule has 2 atom stereocenters. The first kappa shape index (κ1) is 22.1. The lowest BCUT2D eigenvalue weighted by Crippen LogP contribution is -3.14. The molecular weight excluding hydrogens is 410 g/mol. The van der Waals surface area contributed by atoms with E-state index >= 15 is 0 Å². The predicted molar refractivity (Wildman–Crippen MR) is 114 cm³/mol. The molecule has 2 fully saturated rings. The number of nitrogens with one attached hydrogen (secondary N) is 2. The SMILES string of the molecule is COc1ccc(C(=O)C2C(=O)C(=O)N(CC[NH+]3CCOCC3)C2c2ccc[nH+]c2)cc1C. The number of methoxy groups -OCH3 is 1. The first-order valence-electron chi connectivity index (χ1n) is 10.9. The maximum atomic E-state index is 13.5. The number of nitrogens with zero attached hydrogens (tertiary/aromatic N) is 1. The average Bonchev–Trinajstić information content (AvgIpc) is 3.08. The number of aromatic nitrogens is 1. The number of carbonyl (C=O) groups is 3. The Kier molecular flexibility index (Phi) is 6.62. The van der Waals surface area contributed by atoms with Crippen molar-refractivity contribution in [1.29, 1.82) is 0 Å². The van der Waals surface area contributed by atoms with Gasteiger partial charge in [-0.1, -0.05) is 0 Å². The number of ketones is 2. The van der Waals surface area contributed by atoms with Gasteiger partial charge in [0.2, 0.25) is 5.78 Å². The van der Waals surface area contributed by atoms with Crippen molar-refractivity contribution in [3.8, 4) is 5.75 Å². The number of amides is 1. The summed E-state index contributed by atoms with van der Waals surface area (Å²) in [4.78, 5) is 45.6. The lowest BCUT2D eigenvalue weighted by atomic mass is 9.86. The zero-order valence-corrected chi connectivity index (χ0v) is 18.4. The minimum absolute atomic E-state index is 0.343. The van der Waals surface area contributed by atoms with Gasteiger partial charge < -0.3 is 19.3 Å². The Balaban J connectivity index is 1.65. The van der Waals surface area contributed by atoms with Gasteiger partial charge in [0.15, 0.2) is 18.2 Å². The normalized spacial score (nSPS) is 21.8. The lowest BCUT2D eigenvalue weighted by Gasteiger charge is -2.29. The van der Waals surface area contributed by atoms with Crippen LogP contribution < -0.4 is 14.6 Å². The number of benzene rings is 1. The van der Waals surface area contributed by atoms with Crippen molar-refractivity contribution >= 4 is 17.5 Å². The Morgan fingerprint density at radius 3 is 2.69 bits per heavy atom. The van der Waals surface area contributed by atoms with Gasteiger partial charge in [-0.25, -0.2) is 4.98 Å². The highest BCUT2D eigenvalue weighted by Crippen LogP contribution is 2.37. The van der Waals surface area contributed by atoms with Crippen LogP contribution in [0.1, 0.15) is 27.5 Å². The Morgan fingerprint density at radius 2 is 2.03 bits per heavy atom. The number of aromatic amines is 1. The number of pyridine rings is 1. The molecular formula is C24H29N3O5+2. The number of carbonyl (C=O) groups excluding carboxylic acids is 3. The van der Waals surface area contributed by atoms with Crippen molar-refractivity contribution in [2.45, 2.75) is 13.0 Å². The van der Waals surface area contributed by atoms with Gasteiger partial charge in [0.25, 0.3) is 5.91 Å². The molecule has 0 bridgehead atoms. The fraction of sp³-hybridized carbons (Fsp3) is 0.417. The first-order chi connectivity index (χ1) is 15.5. The molecule has 1 amide bonds. The minimum atomic E-state index is -1.08. The number of aryl methyl sites for hydroxylation is 1. The second-order valence-corrected chi connectivity index (χ2v) is 8.28. The quantitative estimate of drug-likeness (QED) is 0.363. The molecule has 2 unspecified atom stereocenters.